The number of nitrogens with two attached hydrogens (primary N) is 1. The second kappa shape index (κ2) is 10.4. The molecule has 0 aliphatic heterocycles. The molecule has 4 nitrogen and oxygen atoms in total. The predicted octanol–water partition coefficient (Wildman–Crippen LogP) is 3.33. The van der Waals surface area contributed by atoms with Crippen LogP contribution in [0.5, 0.6) is 0 Å². The van der Waals surface area contributed by atoms with Crippen LogP contribution in [0.4, 0.5) is 4.39 Å². The average Bonchev–Trinajstić information content (AvgIpc) is 2.51. The zero-order valence-electron chi connectivity index (χ0n) is 15.1. The minimum Gasteiger partial charge on any atom is -0.461 e. The quantitative estimate of drug-likeness (QED) is 0.525. The van der Waals surface area contributed by atoms with Gasteiger partial charge in [0, 0.05) is 12.5 Å². The zero-order chi connectivity index (χ0) is 18.1. The summed E-state index contributed by atoms with van der Waals surface area (Å²) in [6.07, 6.45) is 1.31. The summed E-state index contributed by atoms with van der Waals surface area (Å²) < 4.78 is 24.3. The Morgan fingerprint density at radius 3 is 2.33 bits per heavy atom. The Labute approximate surface area is 144 Å². The molecule has 0 aromatic heterocycles. The van der Waals surface area contributed by atoms with Crippen molar-refractivity contribution < 1.29 is 18.7 Å². The van der Waals surface area contributed by atoms with Gasteiger partial charge in [-0.3, -0.25) is 4.79 Å². The minimum atomic E-state index is -0.652. The van der Waals surface area contributed by atoms with Gasteiger partial charge >= 0.3 is 5.97 Å². The first-order valence-electron chi connectivity index (χ1n) is 8.57. The molecule has 136 valence electrons. The molecule has 0 radical (unpaired) electrons. The van der Waals surface area contributed by atoms with Gasteiger partial charge in [-0.2, -0.15) is 0 Å². The van der Waals surface area contributed by atoms with E-state index in [4.69, 9.17) is 15.2 Å². The lowest BCUT2D eigenvalue weighted by molar-refractivity contribution is -0.153. The number of benzene rings is 1. The van der Waals surface area contributed by atoms with E-state index in [-0.39, 0.29) is 17.8 Å². The van der Waals surface area contributed by atoms with Gasteiger partial charge < -0.3 is 15.2 Å². The predicted molar refractivity (Wildman–Crippen MR) is 93.1 cm³/mol. The molecule has 0 aliphatic rings. The smallest absolute Gasteiger partial charge is 0.322 e. The van der Waals surface area contributed by atoms with E-state index < -0.39 is 12.0 Å². The molecule has 5 heteroatoms. The summed E-state index contributed by atoms with van der Waals surface area (Å²) in [4.78, 5) is 11.7. The molecule has 0 aliphatic carbocycles. The highest BCUT2D eigenvalue weighted by Crippen LogP contribution is 2.17. The highest BCUT2D eigenvalue weighted by Gasteiger charge is 2.23. The van der Waals surface area contributed by atoms with E-state index >= 15 is 0 Å². The normalized spacial score (nSPS) is 15.1. The Balaban J connectivity index is 2.66. The second-order valence-corrected chi connectivity index (χ2v) is 6.78. The van der Waals surface area contributed by atoms with Crippen molar-refractivity contribution in [1.82, 2.24) is 0 Å². The monoisotopic (exact) mass is 339 g/mol. The maximum absolute atomic E-state index is 13.1. The van der Waals surface area contributed by atoms with Crippen LogP contribution in [0.3, 0.4) is 0 Å². The van der Waals surface area contributed by atoms with Crippen LogP contribution in [0.2, 0.25) is 0 Å². The van der Waals surface area contributed by atoms with Gasteiger partial charge in [-0.05, 0) is 50.3 Å². The maximum atomic E-state index is 13.1. The van der Waals surface area contributed by atoms with Gasteiger partial charge in [0.1, 0.15) is 18.0 Å². The molecule has 1 aromatic rings. The first kappa shape index (κ1) is 20.6. The molecule has 0 bridgehead atoms. The molecule has 24 heavy (non-hydrogen) atoms. The molecule has 0 saturated heterocycles. The van der Waals surface area contributed by atoms with Crippen molar-refractivity contribution in [2.45, 2.75) is 52.7 Å². The molecule has 0 heterocycles. The van der Waals surface area contributed by atoms with Crippen LogP contribution in [-0.4, -0.2) is 31.3 Å². The second-order valence-electron chi connectivity index (χ2n) is 6.78. The van der Waals surface area contributed by atoms with Crippen molar-refractivity contribution >= 4 is 5.97 Å². The van der Waals surface area contributed by atoms with Crippen LogP contribution < -0.4 is 5.73 Å². The first-order chi connectivity index (χ1) is 11.3. The number of hydrogen-bond acceptors (Lipinski definition) is 4. The van der Waals surface area contributed by atoms with Crippen molar-refractivity contribution in [2.24, 2.45) is 17.6 Å². The lowest BCUT2D eigenvalue weighted by atomic mass is 9.95. The average molecular weight is 339 g/mol. The highest BCUT2D eigenvalue weighted by atomic mass is 19.1. The standard InChI is InChI=1S/C19H30FNO3/c1-13(2)9-10-23-12-17(15(4)24-19(22)14(3)21)11-16-5-7-18(20)8-6-16/h5-8,13-15,17H,9-12,21H2,1-4H3/t14-,15-,17+/m0/s1. The van der Waals surface area contributed by atoms with E-state index in [1.165, 1.54) is 12.1 Å². The minimum absolute atomic E-state index is 0.00896. The van der Waals surface area contributed by atoms with Crippen LogP contribution >= 0.6 is 0 Å². The van der Waals surface area contributed by atoms with Crippen LogP contribution in [0.25, 0.3) is 0 Å². The van der Waals surface area contributed by atoms with Crippen molar-refractivity contribution in [2.75, 3.05) is 13.2 Å². The third-order valence-corrected chi connectivity index (χ3v) is 3.92. The molecule has 0 unspecified atom stereocenters. The molecule has 0 amide bonds. The molecule has 3 atom stereocenters. The van der Waals surface area contributed by atoms with Crippen LogP contribution in [0, 0.1) is 17.7 Å². The van der Waals surface area contributed by atoms with Crippen molar-refractivity contribution in [3.8, 4) is 0 Å². The Morgan fingerprint density at radius 1 is 1.17 bits per heavy atom. The third kappa shape index (κ3) is 7.88. The van der Waals surface area contributed by atoms with E-state index in [2.05, 4.69) is 13.8 Å². The summed E-state index contributed by atoms with van der Waals surface area (Å²) >= 11 is 0. The molecule has 1 aromatic carbocycles. The van der Waals surface area contributed by atoms with Crippen molar-refractivity contribution in [3.63, 3.8) is 0 Å². The molecule has 0 saturated carbocycles. The summed E-state index contributed by atoms with van der Waals surface area (Å²) in [5.74, 6) is -0.118. The van der Waals surface area contributed by atoms with Gasteiger partial charge in [-0.1, -0.05) is 26.0 Å². The lowest BCUT2D eigenvalue weighted by Crippen LogP contribution is -2.36. The van der Waals surface area contributed by atoms with E-state index in [0.717, 1.165) is 12.0 Å². The van der Waals surface area contributed by atoms with Gasteiger partial charge in [0.25, 0.3) is 0 Å². The fourth-order valence-corrected chi connectivity index (χ4v) is 2.22. The Bertz CT molecular complexity index is 488. The number of ether oxygens (including phenoxy) is 2. The molecular weight excluding hydrogens is 309 g/mol. The highest BCUT2D eigenvalue weighted by molar-refractivity contribution is 5.75. The van der Waals surface area contributed by atoms with Gasteiger partial charge in [0.2, 0.25) is 0 Å². The van der Waals surface area contributed by atoms with Gasteiger partial charge in [0.05, 0.1) is 6.61 Å². The maximum Gasteiger partial charge on any atom is 0.322 e. The third-order valence-electron chi connectivity index (χ3n) is 3.92. The summed E-state index contributed by atoms with van der Waals surface area (Å²) in [5, 5.41) is 0. The number of halogens is 1. The summed E-state index contributed by atoms with van der Waals surface area (Å²) in [6, 6.07) is 5.71. The fourth-order valence-electron chi connectivity index (χ4n) is 2.22. The summed E-state index contributed by atoms with van der Waals surface area (Å²) in [5.41, 5.74) is 6.54. The number of carbonyl (C=O) groups is 1. The van der Waals surface area contributed by atoms with E-state index in [0.29, 0.717) is 25.6 Å². The van der Waals surface area contributed by atoms with Crippen molar-refractivity contribution in [3.05, 3.63) is 35.6 Å². The molecule has 0 spiro atoms. The van der Waals surface area contributed by atoms with Crippen LogP contribution in [0.15, 0.2) is 24.3 Å². The fraction of sp³-hybridized carbons (Fsp3) is 0.632. The number of hydrogen-bond donors (Lipinski definition) is 1. The van der Waals surface area contributed by atoms with Crippen molar-refractivity contribution in [1.29, 1.82) is 0 Å². The van der Waals surface area contributed by atoms with E-state index in [1.807, 2.05) is 6.92 Å². The number of esters is 1. The summed E-state index contributed by atoms with van der Waals surface area (Å²) in [7, 11) is 0. The van der Waals surface area contributed by atoms with E-state index in [9.17, 15) is 9.18 Å². The topological polar surface area (TPSA) is 61.5 Å². The Morgan fingerprint density at radius 2 is 1.79 bits per heavy atom. The Kier molecular flexibility index (Phi) is 8.93. The zero-order valence-corrected chi connectivity index (χ0v) is 15.1. The van der Waals surface area contributed by atoms with Gasteiger partial charge in [-0.15, -0.1) is 0 Å². The number of carbonyl (C=O) groups excluding carboxylic acids is 1. The van der Waals surface area contributed by atoms with Crippen LogP contribution in [-0.2, 0) is 20.7 Å². The largest absolute Gasteiger partial charge is 0.461 e. The first-order valence-corrected chi connectivity index (χ1v) is 8.57. The van der Waals surface area contributed by atoms with Crippen LogP contribution in [0.1, 0.15) is 39.7 Å². The molecule has 1 rings (SSSR count). The lowest BCUT2D eigenvalue weighted by Gasteiger charge is -2.25. The molecule has 0 fully saturated rings. The van der Waals surface area contributed by atoms with E-state index in [1.54, 1.807) is 19.1 Å². The summed E-state index contributed by atoms with van der Waals surface area (Å²) in [6.45, 7) is 8.89. The SMILES string of the molecule is CC(C)CCOC[C@@H](Cc1ccc(F)cc1)[C@H](C)OC(=O)[C@H](C)N. The molecular formula is C19H30FNO3. The van der Waals surface area contributed by atoms with Gasteiger partial charge in [0.15, 0.2) is 0 Å². The Hall–Kier alpha value is -1.46. The van der Waals surface area contributed by atoms with Gasteiger partial charge in [-0.25, -0.2) is 4.39 Å². The number of rotatable bonds is 10. The molecule has 2 N–H and O–H groups in total.